The van der Waals surface area contributed by atoms with Crippen molar-refractivity contribution in [1.29, 1.82) is 0 Å². The molecule has 0 saturated heterocycles. The molecule has 10 heteroatoms. The first-order chi connectivity index (χ1) is 13.4. The van der Waals surface area contributed by atoms with Crippen LogP contribution in [0.3, 0.4) is 0 Å². The van der Waals surface area contributed by atoms with Crippen molar-refractivity contribution in [1.82, 2.24) is 15.1 Å². The molecule has 0 unspecified atom stereocenters. The lowest BCUT2D eigenvalue weighted by molar-refractivity contribution is -0.274. The maximum absolute atomic E-state index is 12.1. The van der Waals surface area contributed by atoms with Crippen LogP contribution in [0.15, 0.2) is 72.0 Å². The number of nitrogens with two attached hydrogens (primary N) is 1. The molecule has 0 radical (unpaired) electrons. The van der Waals surface area contributed by atoms with Gasteiger partial charge >= 0.3 is 6.36 Å². The average Bonchev–Trinajstić information content (AvgIpc) is 3.20. The molecule has 29 heavy (non-hydrogen) atoms. The second-order valence-electron chi connectivity index (χ2n) is 5.86. The summed E-state index contributed by atoms with van der Waals surface area (Å²) in [6, 6.07) is 15.1. The first-order valence-corrected chi connectivity index (χ1v) is 8.36. The van der Waals surface area contributed by atoms with Gasteiger partial charge in [0.05, 0.1) is 12.2 Å². The zero-order valence-electron chi connectivity index (χ0n) is 15.1. The fourth-order valence-corrected chi connectivity index (χ4v) is 2.41. The smallest absolute Gasteiger partial charge is 0.406 e. The maximum Gasteiger partial charge on any atom is 0.573 e. The van der Waals surface area contributed by atoms with E-state index in [9.17, 15) is 13.2 Å². The Labute approximate surface area is 182 Å². The Morgan fingerprint density at radius 1 is 1.07 bits per heavy atom. The monoisotopic (exact) mass is 517 g/mol. The Bertz CT molecular complexity index is 911. The summed E-state index contributed by atoms with van der Waals surface area (Å²) in [5.41, 5.74) is 8.52. The van der Waals surface area contributed by atoms with Gasteiger partial charge in [0.15, 0.2) is 5.96 Å². The van der Waals surface area contributed by atoms with Crippen molar-refractivity contribution in [2.75, 3.05) is 0 Å². The van der Waals surface area contributed by atoms with Crippen molar-refractivity contribution in [3.63, 3.8) is 0 Å². The second kappa shape index (κ2) is 10.1. The second-order valence-corrected chi connectivity index (χ2v) is 5.86. The number of hydrogen-bond acceptors (Lipinski definition) is 3. The molecule has 3 aromatic rings. The number of rotatable bonds is 6. The van der Waals surface area contributed by atoms with E-state index >= 15 is 0 Å². The van der Waals surface area contributed by atoms with Crippen molar-refractivity contribution in [2.24, 2.45) is 10.7 Å². The third-order valence-electron chi connectivity index (χ3n) is 3.77. The molecular formula is C19H19F3IN5O. The first-order valence-electron chi connectivity index (χ1n) is 8.36. The molecule has 154 valence electrons. The van der Waals surface area contributed by atoms with E-state index < -0.39 is 6.36 Å². The van der Waals surface area contributed by atoms with E-state index in [-0.39, 0.29) is 42.2 Å². The van der Waals surface area contributed by atoms with E-state index in [1.54, 1.807) is 10.9 Å². The molecule has 1 heterocycles. The van der Waals surface area contributed by atoms with Crippen LogP contribution in [0, 0.1) is 0 Å². The van der Waals surface area contributed by atoms with Crippen molar-refractivity contribution >= 4 is 29.9 Å². The summed E-state index contributed by atoms with van der Waals surface area (Å²) in [5.74, 6) is -0.0309. The summed E-state index contributed by atoms with van der Waals surface area (Å²) in [5, 5.41) is 7.16. The third-order valence-corrected chi connectivity index (χ3v) is 3.77. The Hall–Kier alpha value is -2.76. The maximum atomic E-state index is 12.1. The fraction of sp³-hybridized carbons (Fsp3) is 0.158. The standard InChI is InChI=1S/C19H18F3N5O.HI/c20-19(21,22)28-17-8-4-15(5-9-17)13-25-18(23)24-12-14-2-6-16(7-3-14)27-11-1-10-26-27;/h1-11H,12-13H2,(H3,23,24,25);1H. The number of alkyl halides is 3. The first kappa shape index (κ1) is 22.5. The summed E-state index contributed by atoms with van der Waals surface area (Å²) in [7, 11) is 0. The summed E-state index contributed by atoms with van der Waals surface area (Å²) in [6.45, 7) is 0.733. The minimum atomic E-state index is -4.70. The molecule has 0 spiro atoms. The molecule has 0 bridgehead atoms. The highest BCUT2D eigenvalue weighted by molar-refractivity contribution is 14.0. The quantitative estimate of drug-likeness (QED) is 0.295. The molecule has 0 aliphatic rings. The molecule has 0 atom stereocenters. The number of nitrogens with zero attached hydrogens (tertiary/aromatic N) is 3. The SMILES string of the molecule is I.NC(=NCc1ccc(OC(F)(F)F)cc1)NCc1ccc(-n2cccn2)cc1. The van der Waals surface area contributed by atoms with Gasteiger partial charge in [-0.1, -0.05) is 24.3 Å². The van der Waals surface area contributed by atoms with Crippen molar-refractivity contribution in [3.8, 4) is 11.4 Å². The third kappa shape index (κ3) is 7.29. The van der Waals surface area contributed by atoms with Gasteiger partial charge in [-0.2, -0.15) is 5.10 Å². The average molecular weight is 517 g/mol. The van der Waals surface area contributed by atoms with Crippen LogP contribution in [0.5, 0.6) is 5.75 Å². The number of guanidine groups is 1. The largest absolute Gasteiger partial charge is 0.573 e. The molecule has 3 N–H and O–H groups in total. The number of nitrogens with one attached hydrogen (secondary N) is 1. The van der Waals surface area contributed by atoms with Crippen LogP contribution in [-0.2, 0) is 13.1 Å². The summed E-state index contributed by atoms with van der Waals surface area (Å²) < 4.78 is 42.0. The Balaban J connectivity index is 0.00000300. The summed E-state index contributed by atoms with van der Waals surface area (Å²) >= 11 is 0. The van der Waals surface area contributed by atoms with Gasteiger partial charge in [-0.3, -0.25) is 0 Å². The van der Waals surface area contributed by atoms with E-state index in [2.05, 4.69) is 20.1 Å². The predicted molar refractivity (Wildman–Crippen MR) is 114 cm³/mol. The van der Waals surface area contributed by atoms with E-state index in [1.807, 2.05) is 36.5 Å². The van der Waals surface area contributed by atoms with Gasteiger partial charge in [-0.15, -0.1) is 37.1 Å². The highest BCUT2D eigenvalue weighted by atomic mass is 127. The fourth-order valence-electron chi connectivity index (χ4n) is 2.41. The number of halogens is 4. The van der Waals surface area contributed by atoms with Crippen LogP contribution in [-0.4, -0.2) is 22.1 Å². The number of aromatic nitrogens is 2. The summed E-state index contributed by atoms with van der Waals surface area (Å²) in [6.07, 6.45) is -1.13. The molecular weight excluding hydrogens is 498 g/mol. The number of ether oxygens (including phenoxy) is 1. The molecule has 0 fully saturated rings. The molecule has 0 saturated carbocycles. The Morgan fingerprint density at radius 3 is 2.31 bits per heavy atom. The number of aliphatic imine (C=N–C) groups is 1. The van der Waals surface area contributed by atoms with Gasteiger partial charge < -0.3 is 15.8 Å². The van der Waals surface area contributed by atoms with Gasteiger partial charge in [0.25, 0.3) is 0 Å². The van der Waals surface area contributed by atoms with Gasteiger partial charge in [0, 0.05) is 18.9 Å². The highest BCUT2D eigenvalue weighted by Crippen LogP contribution is 2.22. The predicted octanol–water partition coefficient (Wildman–Crippen LogP) is 3.99. The van der Waals surface area contributed by atoms with Crippen LogP contribution in [0.2, 0.25) is 0 Å². The number of benzene rings is 2. The van der Waals surface area contributed by atoms with Crippen LogP contribution < -0.4 is 15.8 Å². The van der Waals surface area contributed by atoms with Gasteiger partial charge in [0.2, 0.25) is 0 Å². The molecule has 2 aromatic carbocycles. The minimum Gasteiger partial charge on any atom is -0.406 e. The van der Waals surface area contributed by atoms with E-state index in [0.717, 1.165) is 11.3 Å². The molecule has 0 aliphatic heterocycles. The van der Waals surface area contributed by atoms with Crippen molar-refractivity contribution in [3.05, 3.63) is 78.1 Å². The van der Waals surface area contributed by atoms with E-state index in [4.69, 9.17) is 5.73 Å². The summed E-state index contributed by atoms with van der Waals surface area (Å²) in [4.78, 5) is 4.18. The Morgan fingerprint density at radius 2 is 1.72 bits per heavy atom. The lowest BCUT2D eigenvalue weighted by Crippen LogP contribution is -2.31. The molecule has 1 aromatic heterocycles. The van der Waals surface area contributed by atoms with Gasteiger partial charge in [-0.05, 0) is 41.5 Å². The number of hydrogen-bond donors (Lipinski definition) is 2. The topological polar surface area (TPSA) is 77.5 Å². The van der Waals surface area contributed by atoms with Crippen LogP contribution in [0.1, 0.15) is 11.1 Å². The van der Waals surface area contributed by atoms with Crippen LogP contribution in [0.25, 0.3) is 5.69 Å². The van der Waals surface area contributed by atoms with Crippen molar-refractivity contribution < 1.29 is 17.9 Å². The molecule has 0 aliphatic carbocycles. The van der Waals surface area contributed by atoms with Crippen LogP contribution >= 0.6 is 24.0 Å². The van der Waals surface area contributed by atoms with Crippen LogP contribution in [0.4, 0.5) is 13.2 Å². The molecule has 3 rings (SSSR count). The molecule has 0 amide bonds. The molecule has 6 nitrogen and oxygen atoms in total. The lowest BCUT2D eigenvalue weighted by atomic mass is 10.2. The van der Waals surface area contributed by atoms with E-state index in [1.165, 1.54) is 24.3 Å². The Kier molecular flexibility index (Phi) is 7.88. The van der Waals surface area contributed by atoms with Crippen molar-refractivity contribution in [2.45, 2.75) is 19.5 Å². The van der Waals surface area contributed by atoms with Gasteiger partial charge in [-0.25, -0.2) is 9.67 Å². The lowest BCUT2D eigenvalue weighted by Gasteiger charge is -2.09. The highest BCUT2D eigenvalue weighted by Gasteiger charge is 2.30. The normalized spacial score (nSPS) is 11.6. The van der Waals surface area contributed by atoms with E-state index in [0.29, 0.717) is 12.1 Å². The zero-order chi connectivity index (χ0) is 20.0. The zero-order valence-corrected chi connectivity index (χ0v) is 17.5. The minimum absolute atomic E-state index is 0. The van der Waals surface area contributed by atoms with Gasteiger partial charge in [0.1, 0.15) is 5.75 Å².